The van der Waals surface area contributed by atoms with Gasteiger partial charge in [0.1, 0.15) is 0 Å². The van der Waals surface area contributed by atoms with Crippen molar-refractivity contribution in [2.24, 2.45) is 0 Å². The van der Waals surface area contributed by atoms with E-state index >= 15 is 0 Å². The summed E-state index contributed by atoms with van der Waals surface area (Å²) in [5.74, 6) is 0. The lowest BCUT2D eigenvalue weighted by Crippen LogP contribution is -1.66. The standard InChI is InChI=1S/Al.FH.H3O4P.H2O.2H/c;;1-5(2,3)4;;;/h;1H;(H3,1,2,3,4);1H2;;/q+1;;;;;/p-1. The maximum absolute atomic E-state index is 9.64. The van der Waals surface area contributed by atoms with E-state index in [9.17, 15) is 3.52 Å². The molecule has 0 saturated heterocycles. The molecule has 0 rings (SSSR count). The van der Waals surface area contributed by atoms with Crippen molar-refractivity contribution >= 4 is 24.6 Å². The summed E-state index contributed by atoms with van der Waals surface area (Å²) < 4.78 is 18.5. The van der Waals surface area contributed by atoms with Crippen LogP contribution in [0.5, 0.6) is 0 Å². The van der Waals surface area contributed by atoms with Gasteiger partial charge in [-0.15, -0.1) is 0 Å². The third-order valence-electron chi connectivity index (χ3n) is 0. The van der Waals surface area contributed by atoms with Crippen LogP contribution in [-0.2, 0) is 4.57 Å². The molecule has 0 amide bonds. The summed E-state index contributed by atoms with van der Waals surface area (Å²) in [4.78, 5) is 21.6. The average molecular weight is 164 g/mol. The van der Waals surface area contributed by atoms with Crippen LogP contribution in [0.15, 0.2) is 0 Å². The Labute approximate surface area is 53.6 Å². The molecule has 5 N–H and O–H groups in total. The topological polar surface area (TPSA) is 109 Å². The summed E-state index contributed by atoms with van der Waals surface area (Å²) in [5, 5.41) is 0. The van der Waals surface area contributed by atoms with E-state index in [1.54, 1.807) is 0 Å². The van der Waals surface area contributed by atoms with Gasteiger partial charge in [-0.2, -0.15) is 0 Å². The Hall–Kier alpha value is 0.532. The van der Waals surface area contributed by atoms with Gasteiger partial charge in [0.15, 0.2) is 0 Å². The minimum absolute atomic E-state index is 0. The Kier molecular flexibility index (Phi) is 14.9. The molecule has 0 aromatic rings. The Bertz CT molecular complexity index is 58.6. The first-order chi connectivity index (χ1) is 3.00. The van der Waals surface area contributed by atoms with E-state index in [4.69, 9.17) is 19.2 Å². The first kappa shape index (κ1) is 15.8. The van der Waals surface area contributed by atoms with Gasteiger partial charge in [0.2, 0.25) is 0 Å². The normalized spacial score (nSPS) is 8.00. The molecule has 0 aromatic carbocycles. The van der Waals surface area contributed by atoms with E-state index < -0.39 is 7.82 Å². The molecule has 0 aliphatic heterocycles. The molecular weight excluding hydrogens is 157 g/mol. The number of hydrogen-bond donors (Lipinski definition) is 3. The summed E-state index contributed by atoms with van der Waals surface area (Å²) in [7, 11) is -4.64. The van der Waals surface area contributed by atoms with Gasteiger partial charge in [0.25, 0.3) is 0 Å². The average Bonchev–Trinajstić information content (AvgIpc) is 1.36. The fraction of sp³-hybridized carbons (Fsp3) is 0. The van der Waals surface area contributed by atoms with Crippen LogP contribution in [0.25, 0.3) is 0 Å². The molecule has 8 heavy (non-hydrogen) atoms. The van der Waals surface area contributed by atoms with Crippen LogP contribution in [-0.4, -0.2) is 36.9 Å². The Morgan fingerprint density at radius 3 is 1.25 bits per heavy atom. The molecule has 0 aromatic heterocycles. The summed E-state index contributed by atoms with van der Waals surface area (Å²) in [6, 6.07) is 0. The first-order valence-corrected chi connectivity index (χ1v) is 3.48. The van der Waals surface area contributed by atoms with E-state index in [1.807, 2.05) is 0 Å². The second kappa shape index (κ2) is 7.53. The molecule has 0 saturated carbocycles. The van der Waals surface area contributed by atoms with Gasteiger partial charge in [-0.05, 0) is 0 Å². The van der Waals surface area contributed by atoms with Gasteiger partial charge < -0.3 is 23.7 Å². The van der Waals surface area contributed by atoms with Crippen molar-refractivity contribution in [3.63, 3.8) is 0 Å². The molecule has 0 aliphatic rings. The Morgan fingerprint density at radius 1 is 1.25 bits per heavy atom. The molecular formula is H7AlFO5P. The molecule has 0 unspecified atom stereocenters. The van der Waals surface area contributed by atoms with Crippen LogP contribution >= 0.6 is 7.82 Å². The summed E-state index contributed by atoms with van der Waals surface area (Å²) in [6.07, 6.45) is 0. The van der Waals surface area contributed by atoms with Crippen molar-refractivity contribution in [1.82, 2.24) is 0 Å². The lowest BCUT2D eigenvalue weighted by Gasteiger charge is -1.82. The first-order valence-electron chi connectivity index (χ1n) is 1.16. The molecule has 0 fully saturated rings. The van der Waals surface area contributed by atoms with E-state index in [0.29, 0.717) is 0 Å². The molecule has 0 aliphatic carbocycles. The zero-order valence-corrected chi connectivity index (χ0v) is 6.97. The van der Waals surface area contributed by atoms with E-state index in [0.717, 1.165) is 0 Å². The van der Waals surface area contributed by atoms with Gasteiger partial charge in [-0.1, -0.05) is 0 Å². The van der Waals surface area contributed by atoms with E-state index in [-0.39, 0.29) is 22.2 Å². The van der Waals surface area contributed by atoms with Gasteiger partial charge >= 0.3 is 24.6 Å². The quantitative estimate of drug-likeness (QED) is 0.277. The highest BCUT2D eigenvalue weighted by molar-refractivity contribution is 7.45. The summed E-state index contributed by atoms with van der Waals surface area (Å²) in [6.45, 7) is 0. The van der Waals surface area contributed by atoms with Crippen LogP contribution in [0.2, 0.25) is 0 Å². The lowest BCUT2D eigenvalue weighted by atomic mass is 15.8. The van der Waals surface area contributed by atoms with Crippen LogP contribution in [0.4, 0.5) is 3.52 Å². The van der Waals surface area contributed by atoms with E-state index in [2.05, 4.69) is 0 Å². The monoisotopic (exact) mass is 164 g/mol. The van der Waals surface area contributed by atoms with Crippen molar-refractivity contribution in [3.05, 3.63) is 0 Å². The van der Waals surface area contributed by atoms with Crippen LogP contribution in [0.1, 0.15) is 0 Å². The number of halogens is 1. The second-order valence-electron chi connectivity index (χ2n) is 0.513. The smallest absolute Gasteiger partial charge is 0.430 e. The highest BCUT2D eigenvalue weighted by Crippen LogP contribution is 2.25. The largest absolute Gasteiger partial charge is 0.472 e. The van der Waals surface area contributed by atoms with Gasteiger partial charge in [0.05, 0.1) is 0 Å². The van der Waals surface area contributed by atoms with Crippen LogP contribution in [0.3, 0.4) is 0 Å². The third-order valence-corrected chi connectivity index (χ3v) is 0. The van der Waals surface area contributed by atoms with Crippen molar-refractivity contribution in [1.29, 1.82) is 0 Å². The molecule has 52 valence electrons. The van der Waals surface area contributed by atoms with Crippen LogP contribution in [0, 0.1) is 0 Å². The number of rotatable bonds is 0. The SMILES string of the molecule is O.O=P(O)(O)O.[F][AlH2]. The second-order valence-corrected chi connectivity index (χ2v) is 1.54. The third kappa shape index (κ3) is 705. The Morgan fingerprint density at radius 2 is 1.25 bits per heavy atom. The zero-order chi connectivity index (χ0) is 6.50. The zero-order valence-electron chi connectivity index (χ0n) is 4.08. The highest BCUT2D eigenvalue weighted by Gasteiger charge is 2.00. The van der Waals surface area contributed by atoms with Crippen molar-refractivity contribution in [3.8, 4) is 0 Å². The van der Waals surface area contributed by atoms with Crippen molar-refractivity contribution < 1.29 is 28.2 Å². The molecule has 0 spiro atoms. The predicted octanol–water partition coefficient (Wildman–Crippen LogP) is -2.25. The molecule has 8 heteroatoms. The fourth-order valence-corrected chi connectivity index (χ4v) is 0. The fourth-order valence-electron chi connectivity index (χ4n) is 0. The summed E-state index contributed by atoms with van der Waals surface area (Å²) >= 11 is -0.194. The maximum atomic E-state index is 9.64. The Balaban J connectivity index is -0.0000000750. The van der Waals surface area contributed by atoms with Gasteiger partial charge in [-0.3, -0.25) is 0 Å². The summed E-state index contributed by atoms with van der Waals surface area (Å²) in [5.41, 5.74) is 0. The van der Waals surface area contributed by atoms with Gasteiger partial charge in [0, 0.05) is 0 Å². The van der Waals surface area contributed by atoms with E-state index in [1.165, 1.54) is 0 Å². The molecule has 5 nitrogen and oxygen atoms in total. The minimum Gasteiger partial charge on any atom is -0.430 e. The van der Waals surface area contributed by atoms with Crippen LogP contribution < -0.4 is 0 Å². The minimum atomic E-state index is -4.64. The predicted molar refractivity (Wildman–Crippen MR) is 27.5 cm³/mol. The van der Waals surface area contributed by atoms with Gasteiger partial charge in [-0.25, -0.2) is 4.57 Å². The number of hydrogen-bond acceptors (Lipinski definition) is 1. The maximum Gasteiger partial charge on any atom is 0.472 e. The van der Waals surface area contributed by atoms with Crippen molar-refractivity contribution in [2.75, 3.05) is 0 Å². The molecule has 0 heterocycles. The number of phosphoric acid groups is 1. The molecule has 0 bridgehead atoms. The molecule has 0 radical (unpaired) electrons. The van der Waals surface area contributed by atoms with Crippen molar-refractivity contribution in [2.45, 2.75) is 0 Å². The molecule has 0 atom stereocenters. The lowest BCUT2D eigenvalue weighted by molar-refractivity contribution is 0.275. The highest BCUT2D eigenvalue weighted by atomic mass is 31.2.